The van der Waals surface area contributed by atoms with Crippen LogP contribution >= 0.6 is 11.8 Å². The molecule has 1 aliphatic rings. The van der Waals surface area contributed by atoms with Gasteiger partial charge in [-0.3, -0.25) is 9.59 Å². The second-order valence-electron chi connectivity index (χ2n) is 7.52. The smallest absolute Gasteiger partial charge is 0.262 e. The number of carbonyl (C=O) groups is 1. The van der Waals surface area contributed by atoms with E-state index < -0.39 is 0 Å². The molecule has 7 nitrogen and oxygen atoms in total. The summed E-state index contributed by atoms with van der Waals surface area (Å²) < 4.78 is 1.67. The standard InChI is InChI=1S/C23H21N5O2S/c1-15-7-2-4-10-18(15)28-21-17(13-24-28)22(30)26-23(25-21)31-14-20(29)27-12-6-9-16-8-3-5-11-19(16)27/h2-5,7-8,10-11,13H,6,9,12,14H2,1H3,(H,25,26,30). The van der Waals surface area contributed by atoms with Gasteiger partial charge in [0.15, 0.2) is 10.8 Å². The second kappa shape index (κ2) is 8.03. The predicted octanol–water partition coefficient (Wildman–Crippen LogP) is 3.49. The number of para-hydroxylation sites is 2. The van der Waals surface area contributed by atoms with Gasteiger partial charge in [0.1, 0.15) is 5.39 Å². The molecule has 0 saturated carbocycles. The molecule has 0 saturated heterocycles. The molecule has 1 aliphatic heterocycles. The summed E-state index contributed by atoms with van der Waals surface area (Å²) in [6.45, 7) is 2.69. The van der Waals surface area contributed by atoms with Gasteiger partial charge >= 0.3 is 0 Å². The Kier molecular flexibility index (Phi) is 5.07. The van der Waals surface area contributed by atoms with E-state index in [-0.39, 0.29) is 17.2 Å². The maximum atomic E-state index is 12.9. The zero-order valence-electron chi connectivity index (χ0n) is 17.0. The lowest BCUT2D eigenvalue weighted by Gasteiger charge is -2.29. The lowest BCUT2D eigenvalue weighted by Crippen LogP contribution is -2.36. The number of nitrogens with zero attached hydrogens (tertiary/aromatic N) is 4. The van der Waals surface area contributed by atoms with Crippen LogP contribution in [0.2, 0.25) is 0 Å². The molecule has 5 rings (SSSR count). The van der Waals surface area contributed by atoms with Crippen molar-refractivity contribution in [3.8, 4) is 5.69 Å². The van der Waals surface area contributed by atoms with E-state index >= 15 is 0 Å². The van der Waals surface area contributed by atoms with E-state index in [4.69, 9.17) is 0 Å². The summed E-state index contributed by atoms with van der Waals surface area (Å²) in [5, 5.41) is 5.20. The van der Waals surface area contributed by atoms with Gasteiger partial charge in [-0.15, -0.1) is 0 Å². The molecule has 3 heterocycles. The molecule has 1 amide bonds. The normalized spacial score (nSPS) is 13.4. The molecule has 2 aromatic heterocycles. The number of H-pyrrole nitrogens is 1. The number of carbonyl (C=O) groups excluding carboxylic acids is 1. The number of hydrogen-bond donors (Lipinski definition) is 1. The number of anilines is 1. The third-order valence-electron chi connectivity index (χ3n) is 5.50. The average molecular weight is 432 g/mol. The van der Waals surface area contributed by atoms with Crippen molar-refractivity contribution in [1.82, 2.24) is 19.7 Å². The number of nitrogens with one attached hydrogen (secondary N) is 1. The van der Waals surface area contributed by atoms with Crippen molar-refractivity contribution < 1.29 is 4.79 Å². The molecule has 156 valence electrons. The first-order valence-corrected chi connectivity index (χ1v) is 11.2. The highest BCUT2D eigenvalue weighted by molar-refractivity contribution is 7.99. The number of hydrogen-bond acceptors (Lipinski definition) is 5. The minimum absolute atomic E-state index is 0.00677. The fourth-order valence-corrected chi connectivity index (χ4v) is 4.68. The molecule has 0 radical (unpaired) electrons. The highest BCUT2D eigenvalue weighted by Crippen LogP contribution is 2.28. The molecule has 1 N–H and O–H groups in total. The van der Waals surface area contributed by atoms with Crippen LogP contribution in [0.5, 0.6) is 0 Å². The number of aryl methyl sites for hydroxylation is 2. The van der Waals surface area contributed by atoms with E-state index in [2.05, 4.69) is 21.1 Å². The van der Waals surface area contributed by atoms with Gasteiger partial charge in [-0.2, -0.15) is 5.10 Å². The van der Waals surface area contributed by atoms with Crippen LogP contribution in [0.1, 0.15) is 17.5 Å². The first-order chi connectivity index (χ1) is 15.1. The Morgan fingerprint density at radius 1 is 1.13 bits per heavy atom. The van der Waals surface area contributed by atoms with Gasteiger partial charge in [-0.25, -0.2) is 9.67 Å². The average Bonchev–Trinajstić information content (AvgIpc) is 3.22. The monoisotopic (exact) mass is 431 g/mol. The van der Waals surface area contributed by atoms with Crippen LogP contribution in [0.4, 0.5) is 5.69 Å². The van der Waals surface area contributed by atoms with Crippen molar-refractivity contribution in [2.45, 2.75) is 24.9 Å². The molecule has 0 aliphatic carbocycles. The number of fused-ring (bicyclic) bond motifs is 2. The lowest BCUT2D eigenvalue weighted by molar-refractivity contribution is -0.116. The van der Waals surface area contributed by atoms with Crippen LogP contribution in [0, 0.1) is 6.92 Å². The maximum Gasteiger partial charge on any atom is 0.262 e. The van der Waals surface area contributed by atoms with Crippen LogP contribution in [-0.4, -0.2) is 38.0 Å². The quantitative estimate of drug-likeness (QED) is 0.395. The van der Waals surface area contributed by atoms with Gasteiger partial charge in [0.05, 0.1) is 17.6 Å². The SMILES string of the molecule is Cc1ccccc1-n1ncc2c(=O)[nH]c(SCC(=O)N3CCCc4ccccc43)nc21. The zero-order chi connectivity index (χ0) is 21.4. The van der Waals surface area contributed by atoms with Crippen molar-refractivity contribution in [3.05, 3.63) is 76.2 Å². The van der Waals surface area contributed by atoms with Gasteiger partial charge in [-0.1, -0.05) is 48.2 Å². The van der Waals surface area contributed by atoms with Gasteiger partial charge in [0.2, 0.25) is 5.91 Å². The van der Waals surface area contributed by atoms with Crippen molar-refractivity contribution in [2.24, 2.45) is 0 Å². The summed E-state index contributed by atoms with van der Waals surface area (Å²) in [6, 6.07) is 15.8. The third-order valence-corrected chi connectivity index (χ3v) is 6.36. The Hall–Kier alpha value is -3.39. The lowest BCUT2D eigenvalue weighted by atomic mass is 10.0. The van der Waals surface area contributed by atoms with Crippen LogP contribution in [-0.2, 0) is 11.2 Å². The Bertz CT molecular complexity index is 1340. The van der Waals surface area contributed by atoms with Gasteiger partial charge < -0.3 is 9.88 Å². The van der Waals surface area contributed by atoms with Crippen LogP contribution in [0.15, 0.2) is 64.7 Å². The number of thioether (sulfide) groups is 1. The van der Waals surface area contributed by atoms with E-state index in [0.717, 1.165) is 29.8 Å². The summed E-state index contributed by atoms with van der Waals surface area (Å²) in [5.74, 6) is 0.202. The number of aromatic nitrogens is 4. The maximum absolute atomic E-state index is 12.9. The molecule has 31 heavy (non-hydrogen) atoms. The second-order valence-corrected chi connectivity index (χ2v) is 8.48. The molecule has 0 atom stereocenters. The fraction of sp³-hybridized carbons (Fsp3) is 0.217. The molecular weight excluding hydrogens is 410 g/mol. The largest absolute Gasteiger partial charge is 0.311 e. The Labute approximate surface area is 183 Å². The van der Waals surface area contributed by atoms with E-state index in [0.29, 0.717) is 22.7 Å². The highest BCUT2D eigenvalue weighted by atomic mass is 32.2. The molecule has 0 fully saturated rings. The molecule has 8 heteroatoms. The van der Waals surface area contributed by atoms with Crippen molar-refractivity contribution in [1.29, 1.82) is 0 Å². The summed E-state index contributed by atoms with van der Waals surface area (Å²) in [7, 11) is 0. The summed E-state index contributed by atoms with van der Waals surface area (Å²) in [4.78, 5) is 34.7. The van der Waals surface area contributed by atoms with Gasteiger partial charge in [0, 0.05) is 12.2 Å². The van der Waals surface area contributed by atoms with Crippen LogP contribution in [0.3, 0.4) is 0 Å². The Morgan fingerprint density at radius 2 is 1.90 bits per heavy atom. The van der Waals surface area contributed by atoms with Crippen molar-refractivity contribution in [2.75, 3.05) is 17.2 Å². The molecule has 2 aromatic carbocycles. The van der Waals surface area contributed by atoms with E-state index in [1.807, 2.05) is 54.3 Å². The first kappa shape index (κ1) is 19.6. The molecule has 4 aromatic rings. The van der Waals surface area contributed by atoms with Crippen LogP contribution in [0.25, 0.3) is 16.7 Å². The first-order valence-electron chi connectivity index (χ1n) is 10.2. The minimum atomic E-state index is -0.261. The van der Waals surface area contributed by atoms with Crippen molar-refractivity contribution >= 4 is 34.4 Å². The number of benzene rings is 2. The topological polar surface area (TPSA) is 83.9 Å². The summed E-state index contributed by atoms with van der Waals surface area (Å²) in [6.07, 6.45) is 3.46. The third kappa shape index (κ3) is 3.63. The van der Waals surface area contributed by atoms with E-state index in [1.54, 1.807) is 4.68 Å². The summed E-state index contributed by atoms with van der Waals surface area (Å²) in [5.41, 5.74) is 4.30. The van der Waals surface area contributed by atoms with Gasteiger partial charge in [0.25, 0.3) is 5.56 Å². The summed E-state index contributed by atoms with van der Waals surface area (Å²) >= 11 is 1.24. The number of rotatable bonds is 4. The predicted molar refractivity (Wildman–Crippen MR) is 122 cm³/mol. The molecule has 0 spiro atoms. The van der Waals surface area contributed by atoms with Crippen LogP contribution < -0.4 is 10.5 Å². The van der Waals surface area contributed by atoms with Gasteiger partial charge in [-0.05, 0) is 43.0 Å². The van der Waals surface area contributed by atoms with Crippen molar-refractivity contribution in [3.63, 3.8) is 0 Å². The number of amides is 1. The zero-order valence-corrected chi connectivity index (χ0v) is 17.9. The van der Waals surface area contributed by atoms with E-state index in [1.165, 1.54) is 23.5 Å². The molecular formula is C23H21N5O2S. The fourth-order valence-electron chi connectivity index (χ4n) is 3.94. The molecule has 0 bridgehead atoms. The minimum Gasteiger partial charge on any atom is -0.311 e. The highest BCUT2D eigenvalue weighted by Gasteiger charge is 2.22. The Balaban J connectivity index is 1.42. The molecule has 0 unspecified atom stereocenters. The van der Waals surface area contributed by atoms with E-state index in [9.17, 15) is 9.59 Å². The number of aromatic amines is 1. The Morgan fingerprint density at radius 3 is 2.74 bits per heavy atom.